The van der Waals surface area contributed by atoms with Gasteiger partial charge in [0.2, 0.25) is 0 Å². The zero-order valence-electron chi connectivity index (χ0n) is 5.93. The minimum atomic E-state index is 0.331. The van der Waals surface area contributed by atoms with E-state index in [1.807, 2.05) is 0 Å². The van der Waals surface area contributed by atoms with Crippen molar-refractivity contribution in [2.75, 3.05) is 6.61 Å². The van der Waals surface area contributed by atoms with Crippen LogP contribution in [0.4, 0.5) is 0 Å². The van der Waals surface area contributed by atoms with Gasteiger partial charge in [-0.05, 0) is 26.2 Å². The maximum absolute atomic E-state index is 8.76. The summed E-state index contributed by atoms with van der Waals surface area (Å²) in [6.07, 6.45) is 5.86. The summed E-state index contributed by atoms with van der Waals surface area (Å²) >= 11 is 0. The molecule has 0 aromatic carbocycles. The fraction of sp³-hybridized carbons (Fsp3) is 0.750. The van der Waals surface area contributed by atoms with Crippen LogP contribution >= 0.6 is 0 Å². The summed E-state index contributed by atoms with van der Waals surface area (Å²) in [6.45, 7) is 2.47. The Labute approximate surface area is 56.4 Å². The summed E-state index contributed by atoms with van der Waals surface area (Å²) in [5, 5.41) is 8.76. The van der Waals surface area contributed by atoms with Crippen LogP contribution in [0.25, 0.3) is 0 Å². The Morgan fingerprint density at radius 3 is 3.00 bits per heavy atom. The maximum atomic E-state index is 8.76. The third-order valence-electron chi connectivity index (χ3n) is 1.90. The minimum Gasteiger partial charge on any atom is -0.396 e. The number of aliphatic hydroxyl groups is 1. The predicted molar refractivity (Wildman–Crippen MR) is 38.2 cm³/mol. The molecule has 0 heterocycles. The zero-order valence-corrected chi connectivity index (χ0v) is 5.93. The standard InChI is InChI=1S/C8H14O/c1-7-3-2-4-8(5-7)6-9/h5,8-9H,2-4,6H2,1H3/t8-/m1/s1. The van der Waals surface area contributed by atoms with E-state index >= 15 is 0 Å². The molecule has 1 heteroatoms. The summed E-state index contributed by atoms with van der Waals surface area (Å²) in [4.78, 5) is 0. The van der Waals surface area contributed by atoms with Crippen molar-refractivity contribution in [3.8, 4) is 0 Å². The summed E-state index contributed by atoms with van der Waals surface area (Å²) in [5.74, 6) is 0.457. The number of aliphatic hydroxyl groups excluding tert-OH is 1. The van der Waals surface area contributed by atoms with E-state index in [0.717, 1.165) is 0 Å². The molecule has 1 atom stereocenters. The fourth-order valence-corrected chi connectivity index (χ4v) is 1.36. The van der Waals surface area contributed by atoms with Crippen molar-refractivity contribution in [3.05, 3.63) is 11.6 Å². The first-order valence-corrected chi connectivity index (χ1v) is 3.61. The third kappa shape index (κ3) is 1.83. The predicted octanol–water partition coefficient (Wildman–Crippen LogP) is 1.73. The average molecular weight is 126 g/mol. The SMILES string of the molecule is CC1=C[C@H](CO)CCC1. The molecule has 0 radical (unpaired) electrons. The van der Waals surface area contributed by atoms with Crippen LogP contribution in [-0.2, 0) is 0 Å². The Morgan fingerprint density at radius 2 is 2.56 bits per heavy atom. The lowest BCUT2D eigenvalue weighted by molar-refractivity contribution is 0.240. The molecule has 1 N–H and O–H groups in total. The molecule has 1 rings (SSSR count). The number of hydrogen-bond acceptors (Lipinski definition) is 1. The van der Waals surface area contributed by atoms with E-state index in [9.17, 15) is 0 Å². The van der Waals surface area contributed by atoms with Crippen LogP contribution in [0.5, 0.6) is 0 Å². The molecular weight excluding hydrogens is 112 g/mol. The van der Waals surface area contributed by atoms with Crippen LogP contribution in [0, 0.1) is 5.92 Å². The summed E-state index contributed by atoms with van der Waals surface area (Å²) < 4.78 is 0. The molecule has 0 unspecified atom stereocenters. The van der Waals surface area contributed by atoms with Crippen LogP contribution in [0.1, 0.15) is 26.2 Å². The van der Waals surface area contributed by atoms with Gasteiger partial charge >= 0.3 is 0 Å². The molecule has 52 valence electrons. The second-order valence-electron chi connectivity index (χ2n) is 2.85. The van der Waals surface area contributed by atoms with E-state index in [1.54, 1.807) is 0 Å². The largest absolute Gasteiger partial charge is 0.396 e. The van der Waals surface area contributed by atoms with Crippen molar-refractivity contribution in [3.63, 3.8) is 0 Å². The zero-order chi connectivity index (χ0) is 6.69. The highest BCUT2D eigenvalue weighted by Gasteiger charge is 2.08. The van der Waals surface area contributed by atoms with Gasteiger partial charge in [-0.1, -0.05) is 11.6 Å². The van der Waals surface area contributed by atoms with Crippen molar-refractivity contribution in [2.24, 2.45) is 5.92 Å². The number of allylic oxidation sites excluding steroid dienone is 1. The summed E-state index contributed by atoms with van der Waals surface area (Å²) in [5.41, 5.74) is 1.44. The molecule has 1 nitrogen and oxygen atoms in total. The van der Waals surface area contributed by atoms with Crippen LogP contribution in [0.15, 0.2) is 11.6 Å². The van der Waals surface area contributed by atoms with Gasteiger partial charge in [-0.25, -0.2) is 0 Å². The smallest absolute Gasteiger partial charge is 0.0493 e. The quantitative estimate of drug-likeness (QED) is 0.530. The monoisotopic (exact) mass is 126 g/mol. The molecule has 9 heavy (non-hydrogen) atoms. The molecule has 1 aliphatic carbocycles. The highest BCUT2D eigenvalue weighted by molar-refractivity contribution is 5.04. The van der Waals surface area contributed by atoms with Crippen LogP contribution in [0.2, 0.25) is 0 Å². The van der Waals surface area contributed by atoms with Crippen molar-refractivity contribution >= 4 is 0 Å². The minimum absolute atomic E-state index is 0.331. The maximum Gasteiger partial charge on any atom is 0.0493 e. The molecule has 0 fully saturated rings. The van der Waals surface area contributed by atoms with E-state index in [1.165, 1.54) is 24.8 Å². The summed E-state index contributed by atoms with van der Waals surface area (Å²) in [6, 6.07) is 0. The van der Waals surface area contributed by atoms with Gasteiger partial charge in [0.25, 0.3) is 0 Å². The highest BCUT2D eigenvalue weighted by Crippen LogP contribution is 2.21. The number of hydrogen-bond donors (Lipinski definition) is 1. The molecule has 0 aliphatic heterocycles. The Balaban J connectivity index is 2.47. The van der Waals surface area contributed by atoms with Gasteiger partial charge < -0.3 is 5.11 Å². The van der Waals surface area contributed by atoms with Crippen molar-refractivity contribution in [1.29, 1.82) is 0 Å². The third-order valence-corrected chi connectivity index (χ3v) is 1.90. The normalized spacial score (nSPS) is 27.8. The van der Waals surface area contributed by atoms with Gasteiger partial charge in [0.15, 0.2) is 0 Å². The van der Waals surface area contributed by atoms with Gasteiger partial charge in [-0.15, -0.1) is 0 Å². The van der Waals surface area contributed by atoms with E-state index in [2.05, 4.69) is 13.0 Å². The topological polar surface area (TPSA) is 20.2 Å². The van der Waals surface area contributed by atoms with Gasteiger partial charge in [0, 0.05) is 12.5 Å². The second kappa shape index (κ2) is 3.02. The van der Waals surface area contributed by atoms with E-state index in [4.69, 9.17) is 5.11 Å². The van der Waals surface area contributed by atoms with Crippen molar-refractivity contribution < 1.29 is 5.11 Å². The van der Waals surface area contributed by atoms with Crippen LogP contribution in [-0.4, -0.2) is 11.7 Å². The van der Waals surface area contributed by atoms with E-state index < -0.39 is 0 Å². The van der Waals surface area contributed by atoms with Gasteiger partial charge in [-0.2, -0.15) is 0 Å². The Hall–Kier alpha value is -0.300. The molecule has 1 aliphatic rings. The lowest BCUT2D eigenvalue weighted by atomic mass is 9.92. The first kappa shape index (κ1) is 6.81. The van der Waals surface area contributed by atoms with Crippen molar-refractivity contribution in [2.45, 2.75) is 26.2 Å². The van der Waals surface area contributed by atoms with Gasteiger partial charge in [0.05, 0.1) is 0 Å². The van der Waals surface area contributed by atoms with Gasteiger partial charge in [0.1, 0.15) is 0 Å². The van der Waals surface area contributed by atoms with E-state index in [0.29, 0.717) is 12.5 Å². The summed E-state index contributed by atoms with van der Waals surface area (Å²) in [7, 11) is 0. The molecule has 0 amide bonds. The lowest BCUT2D eigenvalue weighted by Crippen LogP contribution is -2.07. The first-order chi connectivity index (χ1) is 4.33. The first-order valence-electron chi connectivity index (χ1n) is 3.61. The Kier molecular flexibility index (Phi) is 2.29. The van der Waals surface area contributed by atoms with Gasteiger partial charge in [-0.3, -0.25) is 0 Å². The molecule has 0 spiro atoms. The Morgan fingerprint density at radius 1 is 1.78 bits per heavy atom. The molecular formula is C8H14O. The Bertz CT molecular complexity index is 116. The molecule has 0 bridgehead atoms. The average Bonchev–Trinajstić information content (AvgIpc) is 1.88. The molecule has 0 saturated carbocycles. The molecule has 0 aromatic heterocycles. The van der Waals surface area contributed by atoms with Crippen LogP contribution in [0.3, 0.4) is 0 Å². The highest BCUT2D eigenvalue weighted by atomic mass is 16.3. The van der Waals surface area contributed by atoms with Crippen LogP contribution < -0.4 is 0 Å². The second-order valence-corrected chi connectivity index (χ2v) is 2.85. The number of rotatable bonds is 1. The lowest BCUT2D eigenvalue weighted by Gasteiger charge is -2.16. The molecule has 0 aromatic rings. The fourth-order valence-electron chi connectivity index (χ4n) is 1.36. The van der Waals surface area contributed by atoms with Crippen molar-refractivity contribution in [1.82, 2.24) is 0 Å². The molecule has 0 saturated heterocycles. The van der Waals surface area contributed by atoms with E-state index in [-0.39, 0.29) is 0 Å².